The largest absolute Gasteiger partial charge is 0.352 e. The third-order valence-electron chi connectivity index (χ3n) is 5.61. The Hall–Kier alpha value is -1.34. The number of nitrogens with one attached hydrogen (secondary N) is 3. The summed E-state index contributed by atoms with van der Waals surface area (Å²) in [7, 11) is 3.95. The average Bonchev–Trinajstić information content (AvgIpc) is 3.33. The van der Waals surface area contributed by atoms with Crippen LogP contribution in [0.25, 0.3) is 0 Å². The molecule has 1 unspecified atom stereocenters. The van der Waals surface area contributed by atoms with Crippen molar-refractivity contribution >= 4 is 36.6 Å². The topological polar surface area (TPSA) is 73.5 Å². The van der Waals surface area contributed by atoms with Crippen LogP contribution in [-0.2, 0) is 11.3 Å². The number of carbonyl (C=O) groups is 2. The van der Waals surface area contributed by atoms with Gasteiger partial charge in [-0.3, -0.25) is 9.59 Å². The third kappa shape index (κ3) is 6.34. The second-order valence-corrected chi connectivity index (χ2v) is 7.85. The smallest absolute Gasteiger partial charge is 0.251 e. The molecule has 2 fully saturated rings. The van der Waals surface area contributed by atoms with Crippen LogP contribution in [0, 0.1) is 11.3 Å². The quantitative estimate of drug-likeness (QED) is 0.616. The number of rotatable bonds is 7. The zero-order valence-electron chi connectivity index (χ0n) is 16.6. The number of piperidine rings is 1. The molecule has 0 radical (unpaired) electrons. The summed E-state index contributed by atoms with van der Waals surface area (Å²) in [6.07, 6.45) is 3.23. The minimum atomic E-state index is -0.0733. The summed E-state index contributed by atoms with van der Waals surface area (Å²) in [6.45, 7) is 3.94. The van der Waals surface area contributed by atoms with Crippen molar-refractivity contribution in [1.29, 1.82) is 0 Å². The molecule has 1 spiro atoms. The van der Waals surface area contributed by atoms with E-state index in [1.165, 1.54) is 0 Å². The van der Waals surface area contributed by atoms with E-state index in [9.17, 15) is 9.59 Å². The number of hydrogen-bond donors (Lipinski definition) is 3. The lowest BCUT2D eigenvalue weighted by Crippen LogP contribution is -2.33. The summed E-state index contributed by atoms with van der Waals surface area (Å²) >= 11 is 0. The van der Waals surface area contributed by atoms with E-state index >= 15 is 0 Å². The molecule has 1 aliphatic carbocycles. The molecule has 2 aliphatic rings. The monoisotopic (exact) mass is 430 g/mol. The molecule has 0 aromatic heterocycles. The first-order valence-corrected chi connectivity index (χ1v) is 9.50. The van der Waals surface area contributed by atoms with Crippen LogP contribution in [0.1, 0.15) is 35.2 Å². The van der Waals surface area contributed by atoms with Crippen LogP contribution in [0.3, 0.4) is 0 Å². The maximum absolute atomic E-state index is 12.5. The fourth-order valence-electron chi connectivity index (χ4n) is 3.83. The van der Waals surface area contributed by atoms with Gasteiger partial charge in [-0.25, -0.2) is 0 Å². The summed E-state index contributed by atoms with van der Waals surface area (Å²) in [5.41, 5.74) is 1.85. The zero-order valence-corrected chi connectivity index (χ0v) is 18.3. The van der Waals surface area contributed by atoms with Crippen molar-refractivity contribution in [2.24, 2.45) is 11.3 Å². The SMILES string of the molecule is CN(C)CCNC(=O)c1cccc(CNC(=O)C2CC23CCNCC3)c1.Cl.Cl. The van der Waals surface area contributed by atoms with E-state index in [-0.39, 0.29) is 48.0 Å². The third-order valence-corrected chi connectivity index (χ3v) is 5.61. The lowest BCUT2D eigenvalue weighted by atomic mass is 9.92. The number of benzene rings is 1. The van der Waals surface area contributed by atoms with Crippen molar-refractivity contribution in [1.82, 2.24) is 20.9 Å². The molecule has 6 nitrogen and oxygen atoms in total. The highest BCUT2D eigenvalue weighted by molar-refractivity contribution is 5.94. The highest BCUT2D eigenvalue weighted by Gasteiger charge is 2.57. The number of amides is 2. The van der Waals surface area contributed by atoms with Gasteiger partial charge in [0.25, 0.3) is 5.91 Å². The van der Waals surface area contributed by atoms with Gasteiger partial charge in [-0.1, -0.05) is 12.1 Å². The number of likely N-dealkylation sites (N-methyl/N-ethyl adjacent to an activating group) is 1. The van der Waals surface area contributed by atoms with Gasteiger partial charge in [0.15, 0.2) is 0 Å². The molecule has 28 heavy (non-hydrogen) atoms. The van der Waals surface area contributed by atoms with Gasteiger partial charge >= 0.3 is 0 Å². The molecule has 1 aliphatic heterocycles. The Kier molecular flexibility index (Phi) is 9.70. The van der Waals surface area contributed by atoms with Gasteiger partial charge in [-0.15, -0.1) is 24.8 Å². The molecule has 1 aromatic carbocycles. The van der Waals surface area contributed by atoms with E-state index in [1.807, 2.05) is 37.2 Å². The molecule has 1 heterocycles. The van der Waals surface area contributed by atoms with E-state index in [0.29, 0.717) is 18.7 Å². The Labute approximate surface area is 180 Å². The van der Waals surface area contributed by atoms with Gasteiger partial charge in [0.1, 0.15) is 0 Å². The van der Waals surface area contributed by atoms with Gasteiger partial charge in [-0.05, 0) is 69.6 Å². The summed E-state index contributed by atoms with van der Waals surface area (Å²) in [4.78, 5) is 26.7. The molecular weight excluding hydrogens is 399 g/mol. The molecule has 3 N–H and O–H groups in total. The molecule has 0 bridgehead atoms. The van der Waals surface area contributed by atoms with Crippen molar-refractivity contribution in [2.75, 3.05) is 40.3 Å². The first-order valence-electron chi connectivity index (χ1n) is 9.50. The molecule has 2 amide bonds. The fourth-order valence-corrected chi connectivity index (χ4v) is 3.83. The van der Waals surface area contributed by atoms with Crippen LogP contribution < -0.4 is 16.0 Å². The number of halogens is 2. The zero-order chi connectivity index (χ0) is 18.6. The van der Waals surface area contributed by atoms with Crippen molar-refractivity contribution in [3.8, 4) is 0 Å². The summed E-state index contributed by atoms with van der Waals surface area (Å²) in [5.74, 6) is 0.255. The number of nitrogens with zero attached hydrogens (tertiary/aromatic N) is 1. The maximum atomic E-state index is 12.5. The Bertz CT molecular complexity index is 663. The van der Waals surface area contributed by atoms with Crippen molar-refractivity contribution in [2.45, 2.75) is 25.8 Å². The summed E-state index contributed by atoms with van der Waals surface area (Å²) in [5, 5.41) is 9.34. The second-order valence-electron chi connectivity index (χ2n) is 7.85. The standard InChI is InChI=1S/C20H30N4O2.2ClH/c1-24(2)11-10-22-18(25)16-5-3-4-15(12-16)14-23-19(26)17-13-20(17)6-8-21-9-7-20;;/h3-5,12,17,21H,6-11,13-14H2,1-2H3,(H,22,25)(H,23,26);2*1H. The molecule has 1 atom stereocenters. The van der Waals surface area contributed by atoms with E-state index in [1.54, 1.807) is 6.07 Å². The van der Waals surface area contributed by atoms with Crippen LogP contribution in [0.2, 0.25) is 0 Å². The molecule has 8 heteroatoms. The maximum Gasteiger partial charge on any atom is 0.251 e. The highest BCUT2D eigenvalue weighted by atomic mass is 35.5. The van der Waals surface area contributed by atoms with Crippen LogP contribution in [0.15, 0.2) is 24.3 Å². The van der Waals surface area contributed by atoms with Crippen molar-refractivity contribution < 1.29 is 9.59 Å². The Morgan fingerprint density at radius 2 is 1.89 bits per heavy atom. The van der Waals surface area contributed by atoms with Crippen LogP contribution in [0.4, 0.5) is 0 Å². The van der Waals surface area contributed by atoms with Crippen LogP contribution in [-0.4, -0.2) is 57.0 Å². The lowest BCUT2D eigenvalue weighted by Gasteiger charge is -2.23. The van der Waals surface area contributed by atoms with Gasteiger partial charge in [0.05, 0.1) is 0 Å². The molecule has 1 saturated heterocycles. The molecule has 3 rings (SSSR count). The molecular formula is C20H32Cl2N4O2. The minimum absolute atomic E-state index is 0. The van der Waals surface area contributed by atoms with Crippen molar-refractivity contribution in [3.63, 3.8) is 0 Å². The van der Waals surface area contributed by atoms with Gasteiger partial charge in [0, 0.05) is 31.1 Å². The molecule has 1 aromatic rings. The van der Waals surface area contributed by atoms with E-state index in [2.05, 4.69) is 16.0 Å². The van der Waals surface area contributed by atoms with Crippen molar-refractivity contribution in [3.05, 3.63) is 35.4 Å². The average molecular weight is 431 g/mol. The van der Waals surface area contributed by atoms with Crippen LogP contribution >= 0.6 is 24.8 Å². The Balaban J connectivity index is 0.00000196. The predicted molar refractivity (Wildman–Crippen MR) is 116 cm³/mol. The lowest BCUT2D eigenvalue weighted by molar-refractivity contribution is -0.123. The van der Waals surface area contributed by atoms with Gasteiger partial charge in [-0.2, -0.15) is 0 Å². The first-order chi connectivity index (χ1) is 12.5. The minimum Gasteiger partial charge on any atom is -0.352 e. The second kappa shape index (κ2) is 11.0. The highest BCUT2D eigenvalue weighted by Crippen LogP contribution is 2.58. The van der Waals surface area contributed by atoms with E-state index < -0.39 is 0 Å². The Morgan fingerprint density at radius 1 is 1.18 bits per heavy atom. The Morgan fingerprint density at radius 3 is 2.57 bits per heavy atom. The molecule has 1 saturated carbocycles. The van der Waals surface area contributed by atoms with E-state index in [4.69, 9.17) is 0 Å². The number of carbonyl (C=O) groups excluding carboxylic acids is 2. The van der Waals surface area contributed by atoms with Gasteiger partial charge < -0.3 is 20.9 Å². The fraction of sp³-hybridized carbons (Fsp3) is 0.600. The normalized spacial score (nSPS) is 19.3. The van der Waals surface area contributed by atoms with Crippen LogP contribution in [0.5, 0.6) is 0 Å². The first kappa shape index (κ1) is 24.7. The number of hydrogen-bond acceptors (Lipinski definition) is 4. The van der Waals surface area contributed by atoms with Gasteiger partial charge in [0.2, 0.25) is 5.91 Å². The predicted octanol–water partition coefficient (Wildman–Crippen LogP) is 1.83. The molecule has 158 valence electrons. The summed E-state index contributed by atoms with van der Waals surface area (Å²) in [6, 6.07) is 7.48. The summed E-state index contributed by atoms with van der Waals surface area (Å²) < 4.78 is 0. The van der Waals surface area contributed by atoms with E-state index in [0.717, 1.165) is 44.5 Å².